The van der Waals surface area contributed by atoms with Crippen molar-refractivity contribution in [1.82, 2.24) is 9.47 Å². The lowest BCUT2D eigenvalue weighted by Crippen LogP contribution is -2.45. The highest BCUT2D eigenvalue weighted by atomic mass is 16.5. The number of esters is 1. The Morgan fingerprint density at radius 1 is 1.03 bits per heavy atom. The highest BCUT2D eigenvalue weighted by Crippen LogP contribution is 2.65. The molecule has 0 spiro atoms. The lowest BCUT2D eigenvalue weighted by molar-refractivity contribution is -0.141. The van der Waals surface area contributed by atoms with E-state index in [1.54, 1.807) is 0 Å². The molecular weight excluding hydrogens is 464 g/mol. The third kappa shape index (κ3) is 3.48. The molecule has 7 rings (SSSR count). The van der Waals surface area contributed by atoms with Crippen molar-refractivity contribution in [1.29, 1.82) is 0 Å². The number of hydrogen-bond acceptors (Lipinski definition) is 4. The highest BCUT2D eigenvalue weighted by Gasteiger charge is 2.63. The van der Waals surface area contributed by atoms with Crippen LogP contribution in [-0.2, 0) is 20.8 Å². The molecule has 2 aliphatic carbocycles. The van der Waals surface area contributed by atoms with Gasteiger partial charge in [0.25, 0.3) is 0 Å². The molecule has 4 aliphatic rings. The molecule has 2 unspecified atom stereocenters. The van der Waals surface area contributed by atoms with Gasteiger partial charge in [-0.1, -0.05) is 49.6 Å². The van der Waals surface area contributed by atoms with Crippen LogP contribution in [0.4, 0.5) is 0 Å². The van der Waals surface area contributed by atoms with Crippen molar-refractivity contribution in [2.45, 2.75) is 56.9 Å². The average molecular weight is 499 g/mol. The first kappa shape index (κ1) is 23.0. The van der Waals surface area contributed by atoms with Gasteiger partial charge in [-0.05, 0) is 48.4 Å². The number of hydrogen-bond donors (Lipinski definition) is 0. The third-order valence-corrected chi connectivity index (χ3v) is 9.37. The van der Waals surface area contributed by atoms with Crippen LogP contribution in [-0.4, -0.2) is 54.8 Å². The Hall–Kier alpha value is -3.12. The van der Waals surface area contributed by atoms with Crippen LogP contribution in [0.15, 0.2) is 42.5 Å². The van der Waals surface area contributed by atoms with Gasteiger partial charge < -0.3 is 18.9 Å². The number of ether oxygens (including phenoxy) is 2. The fourth-order valence-corrected chi connectivity index (χ4v) is 7.45. The van der Waals surface area contributed by atoms with E-state index in [0.717, 1.165) is 11.9 Å². The Morgan fingerprint density at radius 2 is 1.81 bits per heavy atom. The lowest BCUT2D eigenvalue weighted by Gasteiger charge is -2.31. The van der Waals surface area contributed by atoms with Crippen LogP contribution in [0, 0.1) is 5.41 Å². The smallest absolute Gasteiger partial charge is 0.337 e. The maximum Gasteiger partial charge on any atom is 0.337 e. The fraction of sp³-hybridized carbons (Fsp3) is 0.484. The van der Waals surface area contributed by atoms with Crippen LogP contribution < -0.4 is 0 Å². The van der Waals surface area contributed by atoms with E-state index < -0.39 is 5.41 Å². The van der Waals surface area contributed by atoms with Crippen LogP contribution in [0.25, 0.3) is 22.2 Å². The molecule has 6 heteroatoms. The van der Waals surface area contributed by atoms with Gasteiger partial charge in [0.15, 0.2) is 0 Å². The number of amides is 1. The summed E-state index contributed by atoms with van der Waals surface area (Å²) in [5, 5.41) is 1.22. The maximum absolute atomic E-state index is 14.1. The largest absolute Gasteiger partial charge is 0.465 e. The minimum absolute atomic E-state index is 0.219. The quantitative estimate of drug-likeness (QED) is 0.448. The number of fused-ring (bicyclic) bond motifs is 7. The summed E-state index contributed by atoms with van der Waals surface area (Å²) in [6, 6.07) is 14.8. The molecule has 0 radical (unpaired) electrons. The number of nitrogens with zero attached hydrogens (tertiary/aromatic N) is 2. The number of methoxy groups -OCH3 is 1. The zero-order valence-corrected chi connectivity index (χ0v) is 21.5. The first-order valence-corrected chi connectivity index (χ1v) is 13.8. The zero-order chi connectivity index (χ0) is 25.1. The topological polar surface area (TPSA) is 60.8 Å². The molecule has 2 saturated carbocycles. The molecule has 3 aromatic rings. The zero-order valence-electron chi connectivity index (χ0n) is 21.5. The van der Waals surface area contributed by atoms with E-state index in [1.807, 2.05) is 17.0 Å². The van der Waals surface area contributed by atoms with Crippen molar-refractivity contribution >= 4 is 22.8 Å². The maximum atomic E-state index is 14.1. The second kappa shape index (κ2) is 8.73. The number of benzene rings is 2. The molecule has 1 aromatic heterocycles. The molecule has 3 fully saturated rings. The van der Waals surface area contributed by atoms with Crippen molar-refractivity contribution < 1.29 is 19.1 Å². The molecule has 3 heterocycles. The highest BCUT2D eigenvalue weighted by molar-refractivity contribution is 6.00. The molecule has 2 aromatic carbocycles. The Kier molecular flexibility index (Phi) is 5.43. The Bertz CT molecular complexity index is 1400. The van der Waals surface area contributed by atoms with Crippen LogP contribution in [0.3, 0.4) is 0 Å². The van der Waals surface area contributed by atoms with E-state index in [9.17, 15) is 9.59 Å². The summed E-state index contributed by atoms with van der Waals surface area (Å²) in [6.07, 6.45) is 7.05. The second-order valence-corrected chi connectivity index (χ2v) is 11.3. The van der Waals surface area contributed by atoms with Crippen molar-refractivity contribution in [3.05, 3.63) is 59.2 Å². The van der Waals surface area contributed by atoms with E-state index in [0.29, 0.717) is 44.3 Å². The molecule has 1 amide bonds. The first-order chi connectivity index (χ1) is 18.1. The summed E-state index contributed by atoms with van der Waals surface area (Å²) in [5.41, 5.74) is 6.40. The third-order valence-electron chi connectivity index (χ3n) is 9.37. The summed E-state index contributed by atoms with van der Waals surface area (Å²) in [4.78, 5) is 28.7. The summed E-state index contributed by atoms with van der Waals surface area (Å²) < 4.78 is 13.0. The lowest BCUT2D eigenvalue weighted by atomic mass is 9.81. The van der Waals surface area contributed by atoms with E-state index in [-0.39, 0.29) is 17.8 Å². The standard InChI is InChI=1S/C31H34N2O4/c1-36-29(34)21-11-12-24-26(17-21)33-19-31(30(35)32-13-15-37-16-14-32)18-25(31)22-9-5-6-10-23(22)28(33)27(24)20-7-3-2-4-8-20/h5-6,9-12,17,20,25H,2-4,7-8,13-16,18-19H2,1H3. The molecule has 0 N–H and O–H groups in total. The average Bonchev–Trinajstić information content (AvgIpc) is 3.63. The second-order valence-electron chi connectivity index (χ2n) is 11.3. The SMILES string of the molecule is COC(=O)c1ccc2c(C3CCCCC3)c3n(c2c1)CC1(C(=O)N2CCOCC2)CC1c1ccccc1-3. The molecular formula is C31H34N2O4. The predicted molar refractivity (Wildman–Crippen MR) is 142 cm³/mol. The van der Waals surface area contributed by atoms with Gasteiger partial charge in [-0.3, -0.25) is 4.79 Å². The van der Waals surface area contributed by atoms with Gasteiger partial charge in [-0.2, -0.15) is 0 Å². The summed E-state index contributed by atoms with van der Waals surface area (Å²) in [5.74, 6) is 0.643. The van der Waals surface area contributed by atoms with Crippen LogP contribution >= 0.6 is 0 Å². The van der Waals surface area contributed by atoms with Crippen molar-refractivity contribution in [3.8, 4) is 11.3 Å². The van der Waals surface area contributed by atoms with Crippen LogP contribution in [0.2, 0.25) is 0 Å². The minimum atomic E-state index is -0.449. The monoisotopic (exact) mass is 498 g/mol. The van der Waals surface area contributed by atoms with Crippen LogP contribution in [0.5, 0.6) is 0 Å². The minimum Gasteiger partial charge on any atom is -0.465 e. The Labute approximate surface area is 217 Å². The number of carbonyl (C=O) groups is 2. The summed E-state index contributed by atoms with van der Waals surface area (Å²) in [7, 11) is 1.43. The number of carbonyl (C=O) groups excluding carboxylic acids is 2. The number of rotatable bonds is 3. The molecule has 37 heavy (non-hydrogen) atoms. The van der Waals surface area contributed by atoms with Gasteiger partial charge >= 0.3 is 5.97 Å². The summed E-state index contributed by atoms with van der Waals surface area (Å²) in [6.45, 7) is 3.18. The Morgan fingerprint density at radius 3 is 2.59 bits per heavy atom. The fourth-order valence-electron chi connectivity index (χ4n) is 7.45. The number of aromatic nitrogens is 1. The number of morpholine rings is 1. The van der Waals surface area contributed by atoms with Gasteiger partial charge in [0.1, 0.15) is 0 Å². The van der Waals surface area contributed by atoms with Gasteiger partial charge in [0.05, 0.1) is 37.0 Å². The molecule has 0 bridgehead atoms. The van der Waals surface area contributed by atoms with E-state index in [4.69, 9.17) is 9.47 Å². The van der Waals surface area contributed by atoms with Crippen molar-refractivity contribution in [2.24, 2.45) is 5.41 Å². The van der Waals surface area contributed by atoms with Gasteiger partial charge in [0, 0.05) is 42.0 Å². The van der Waals surface area contributed by atoms with E-state index in [2.05, 4.69) is 34.9 Å². The molecule has 192 valence electrons. The molecule has 2 atom stereocenters. The molecule has 6 nitrogen and oxygen atoms in total. The van der Waals surface area contributed by atoms with Crippen LogP contribution in [0.1, 0.15) is 71.8 Å². The Balaban J connectivity index is 1.47. The van der Waals surface area contributed by atoms with E-state index >= 15 is 0 Å². The normalized spacial score (nSPS) is 25.1. The molecule has 2 aliphatic heterocycles. The van der Waals surface area contributed by atoms with E-state index in [1.165, 1.54) is 67.0 Å². The van der Waals surface area contributed by atoms with Crippen molar-refractivity contribution in [3.63, 3.8) is 0 Å². The van der Waals surface area contributed by atoms with Gasteiger partial charge in [-0.15, -0.1) is 0 Å². The van der Waals surface area contributed by atoms with Gasteiger partial charge in [-0.25, -0.2) is 4.79 Å². The first-order valence-electron chi connectivity index (χ1n) is 13.8. The molecule has 1 saturated heterocycles. The predicted octanol–water partition coefficient (Wildman–Crippen LogP) is 5.49. The van der Waals surface area contributed by atoms with Crippen molar-refractivity contribution in [2.75, 3.05) is 33.4 Å². The van der Waals surface area contributed by atoms with Gasteiger partial charge in [0.2, 0.25) is 5.91 Å². The summed E-state index contributed by atoms with van der Waals surface area (Å²) >= 11 is 0.